The molecule has 0 radical (unpaired) electrons. The molecule has 2 fully saturated rings. The quantitative estimate of drug-likeness (QED) is 0.747. The molecule has 1 aromatic rings. The summed E-state index contributed by atoms with van der Waals surface area (Å²) in [6.07, 6.45) is -13.1. The van der Waals surface area contributed by atoms with Crippen LogP contribution in [0.25, 0.3) is 0 Å². The van der Waals surface area contributed by atoms with Crippen molar-refractivity contribution in [1.82, 2.24) is 14.7 Å². The Labute approximate surface area is 168 Å². The van der Waals surface area contributed by atoms with Crippen molar-refractivity contribution in [2.24, 2.45) is 0 Å². The van der Waals surface area contributed by atoms with E-state index in [-0.39, 0.29) is 10.4 Å². The van der Waals surface area contributed by atoms with Crippen LogP contribution in [0.2, 0.25) is 0 Å². The Morgan fingerprint density at radius 1 is 1.42 bits per heavy atom. The first-order chi connectivity index (χ1) is 15.4. The van der Waals surface area contributed by atoms with E-state index in [1.165, 1.54) is 20.8 Å². The van der Waals surface area contributed by atoms with Crippen molar-refractivity contribution in [3.05, 3.63) is 12.3 Å². The molecule has 1 amide bonds. The number of rotatable bonds is 2. The first kappa shape index (κ1) is 10.7. The van der Waals surface area contributed by atoms with E-state index in [2.05, 4.69) is 5.10 Å². The smallest absolute Gasteiger partial charge is 0.444 e. The van der Waals surface area contributed by atoms with E-state index in [0.717, 1.165) is 0 Å². The molecule has 2 aliphatic heterocycles. The van der Waals surface area contributed by atoms with Gasteiger partial charge >= 0.3 is 13.2 Å². The van der Waals surface area contributed by atoms with Crippen molar-refractivity contribution in [3.63, 3.8) is 0 Å². The first-order valence-corrected chi connectivity index (χ1v) is 8.32. The summed E-state index contributed by atoms with van der Waals surface area (Å²) >= 11 is 0. The lowest BCUT2D eigenvalue weighted by molar-refractivity contribution is 0.00578. The second kappa shape index (κ2) is 6.27. The van der Waals surface area contributed by atoms with Gasteiger partial charge < -0.3 is 14.0 Å². The van der Waals surface area contributed by atoms with Crippen molar-refractivity contribution < 1.29 is 31.2 Å². The second-order valence-corrected chi connectivity index (χ2v) is 8.14. The van der Waals surface area contributed by atoms with Gasteiger partial charge in [0.1, 0.15) is 11.7 Å². The van der Waals surface area contributed by atoms with Gasteiger partial charge in [-0.05, 0) is 61.2 Å². The van der Waals surface area contributed by atoms with Crippen molar-refractivity contribution in [2.45, 2.75) is 84.2 Å². The zero-order chi connectivity index (χ0) is 27.4. The zero-order valence-corrected chi connectivity index (χ0v) is 16.1. The fourth-order valence-electron chi connectivity index (χ4n) is 2.27. The highest BCUT2D eigenvalue weighted by molar-refractivity contribution is 6.62. The third kappa shape index (κ3) is 3.62. The minimum Gasteiger partial charge on any atom is -0.444 e. The zero-order valence-electron chi connectivity index (χ0n) is 25.1. The van der Waals surface area contributed by atoms with Gasteiger partial charge in [0.25, 0.3) is 0 Å². The Morgan fingerprint density at radius 2 is 2.04 bits per heavy atom. The molecule has 26 heavy (non-hydrogen) atoms. The molecule has 0 bridgehead atoms. The van der Waals surface area contributed by atoms with Gasteiger partial charge in [0, 0.05) is 32.5 Å². The van der Waals surface area contributed by atoms with Gasteiger partial charge in [-0.1, -0.05) is 0 Å². The number of carbonyl (C=O) groups is 1. The molecule has 1 atom stereocenters. The molecule has 144 valence electrons. The van der Waals surface area contributed by atoms with Gasteiger partial charge in [0.05, 0.1) is 15.3 Å². The average Bonchev–Trinajstić information content (AvgIpc) is 3.05. The minimum atomic E-state index is -3.46. The van der Waals surface area contributed by atoms with Crippen LogP contribution >= 0.6 is 0 Å². The first-order valence-electron chi connectivity index (χ1n) is 12.8. The van der Waals surface area contributed by atoms with Crippen LogP contribution in [0.3, 0.4) is 0 Å². The maximum atomic E-state index is 13.1. The number of nitrogens with zero attached hydrogens (tertiary/aromatic N) is 3. The van der Waals surface area contributed by atoms with Crippen molar-refractivity contribution in [1.29, 1.82) is 0 Å². The Bertz CT molecular complexity index is 1040. The monoisotopic (exact) mass is 372 g/mol. The largest absolute Gasteiger partial charge is 0.498 e. The summed E-state index contributed by atoms with van der Waals surface area (Å²) in [5.74, 6) is 0. The van der Waals surface area contributed by atoms with Gasteiger partial charge in [0.15, 0.2) is 0 Å². The Hall–Kier alpha value is -1.54. The number of ether oxygens (including phenoxy) is 1. The number of hydrogen-bond donors (Lipinski definition) is 0. The third-order valence-corrected chi connectivity index (χ3v) is 4.32. The Balaban J connectivity index is 2.25. The van der Waals surface area contributed by atoms with Gasteiger partial charge in [-0.3, -0.25) is 9.58 Å². The van der Waals surface area contributed by atoms with Crippen LogP contribution in [0.4, 0.5) is 4.79 Å². The van der Waals surface area contributed by atoms with E-state index in [1.54, 1.807) is 27.7 Å². The van der Waals surface area contributed by atoms with E-state index in [1.807, 2.05) is 0 Å². The highest BCUT2D eigenvalue weighted by Crippen LogP contribution is 2.36. The lowest BCUT2D eigenvalue weighted by Gasteiger charge is -2.32. The lowest BCUT2D eigenvalue weighted by atomic mass is 9.82. The summed E-state index contributed by atoms with van der Waals surface area (Å²) in [5, 5.41) is 3.79. The number of amides is 1. The van der Waals surface area contributed by atoms with E-state index in [4.69, 9.17) is 26.4 Å². The van der Waals surface area contributed by atoms with Crippen LogP contribution in [0.1, 0.15) is 79.7 Å². The molecule has 3 rings (SSSR count). The van der Waals surface area contributed by atoms with Gasteiger partial charge in [0.2, 0.25) is 0 Å². The van der Waals surface area contributed by atoms with Crippen LogP contribution in [0.15, 0.2) is 12.3 Å². The Morgan fingerprint density at radius 3 is 2.62 bits per heavy atom. The summed E-state index contributed by atoms with van der Waals surface area (Å²) in [7, 11) is -1.30. The molecule has 2 aliphatic rings. The van der Waals surface area contributed by atoms with Crippen LogP contribution in [0, 0.1) is 0 Å². The summed E-state index contributed by atoms with van der Waals surface area (Å²) < 4.78 is 93.1. The minimum absolute atomic E-state index is 0.0379. The summed E-state index contributed by atoms with van der Waals surface area (Å²) in [4.78, 5) is 13.0. The second-order valence-electron chi connectivity index (χ2n) is 8.14. The topological polar surface area (TPSA) is 65.8 Å². The highest BCUT2D eigenvalue weighted by Gasteiger charge is 2.52. The van der Waals surface area contributed by atoms with E-state index < -0.39 is 67.7 Å². The lowest BCUT2D eigenvalue weighted by Crippen LogP contribution is -2.41. The number of aromatic nitrogens is 2. The fourth-order valence-corrected chi connectivity index (χ4v) is 2.27. The summed E-state index contributed by atoms with van der Waals surface area (Å²) in [5.41, 5.74) is -3.20. The molecule has 0 spiro atoms. The van der Waals surface area contributed by atoms with Crippen molar-refractivity contribution in [2.75, 3.05) is 6.50 Å². The van der Waals surface area contributed by atoms with Crippen LogP contribution < -0.4 is 5.46 Å². The molecule has 0 N–H and O–H groups in total. The van der Waals surface area contributed by atoms with E-state index in [9.17, 15) is 4.79 Å². The van der Waals surface area contributed by atoms with Crippen LogP contribution in [-0.4, -0.2) is 51.2 Å². The third-order valence-electron chi connectivity index (χ3n) is 4.32. The molecular formula is C18H30BN3O4. The summed E-state index contributed by atoms with van der Waals surface area (Å²) in [6, 6.07) is 0. The Kier molecular flexibility index (Phi) is 2.58. The van der Waals surface area contributed by atoms with Gasteiger partial charge in [-0.25, -0.2) is 4.79 Å². The molecule has 0 aliphatic carbocycles. The van der Waals surface area contributed by atoms with Crippen LogP contribution in [0.5, 0.6) is 0 Å². The molecule has 1 aromatic heterocycles. The highest BCUT2D eigenvalue weighted by atomic mass is 16.7. The fraction of sp³-hybridized carbons (Fsp3) is 0.778. The average molecular weight is 372 g/mol. The molecule has 3 heterocycles. The SMILES string of the molecule is [2H]c1nn(C2([2H])N(C(=O)OC(C)(C)C)C([2H])([2H])C([2H])([2H])C2([2H])[2H])c([2H])c1B1OC(C)(C)C(C)(C)O1. The molecule has 0 aromatic carbocycles. The predicted molar refractivity (Wildman–Crippen MR) is 99.2 cm³/mol. The summed E-state index contributed by atoms with van der Waals surface area (Å²) in [6.45, 7) is 7.94. The number of hydrogen-bond acceptors (Lipinski definition) is 5. The van der Waals surface area contributed by atoms with Crippen molar-refractivity contribution in [3.8, 4) is 0 Å². The molecule has 0 saturated carbocycles. The molecule has 2 saturated heterocycles. The van der Waals surface area contributed by atoms with Gasteiger partial charge in [-0.15, -0.1) is 0 Å². The maximum Gasteiger partial charge on any atom is 0.498 e. The molecular weight excluding hydrogens is 333 g/mol. The normalized spacial score (nSPS) is 38.7. The molecule has 7 nitrogen and oxygen atoms in total. The van der Waals surface area contributed by atoms with Crippen LogP contribution in [-0.2, 0) is 14.0 Å². The molecule has 8 heteroatoms. The number of likely N-dealkylation sites (tertiary alicyclic amines) is 1. The molecule has 1 unspecified atom stereocenters. The van der Waals surface area contributed by atoms with Gasteiger partial charge in [-0.2, -0.15) is 5.10 Å². The van der Waals surface area contributed by atoms with E-state index in [0.29, 0.717) is 4.68 Å². The van der Waals surface area contributed by atoms with Crippen molar-refractivity contribution >= 4 is 18.7 Å². The van der Waals surface area contributed by atoms with E-state index >= 15 is 0 Å². The number of carbonyl (C=O) groups excluding carboxylic acids is 1. The standard InChI is InChI=1S/C18H30BN3O4/c1-16(2,3)24-15(23)21-10-8-9-14(21)22-12-13(11-20-22)19-25-17(4,5)18(6,7)26-19/h11-12,14H,8-10H2,1-7H3/i8D2,9D2,10D2,11D,12D,14D. The maximum absolute atomic E-state index is 13.1. The predicted octanol–water partition coefficient (Wildman–Crippen LogP) is 2.71.